The first-order valence-electron chi connectivity index (χ1n) is 13.5. The maximum atomic E-state index is 14.0. The van der Waals surface area contributed by atoms with Gasteiger partial charge in [0.05, 0.1) is 25.4 Å². The highest BCUT2D eigenvalue weighted by Gasteiger charge is 2.34. The van der Waals surface area contributed by atoms with Crippen LogP contribution in [0.25, 0.3) is 0 Å². The molecule has 0 radical (unpaired) electrons. The minimum Gasteiger partial charge on any atom is -0.497 e. The second-order valence-electron chi connectivity index (χ2n) is 10.0. The van der Waals surface area contributed by atoms with E-state index >= 15 is 0 Å². The zero-order chi connectivity index (χ0) is 30.2. The molecule has 0 saturated heterocycles. The van der Waals surface area contributed by atoms with Crippen molar-refractivity contribution in [3.8, 4) is 11.5 Å². The number of hydrogen-bond donors (Lipinski definition) is 1. The maximum Gasteiger partial charge on any atom is 0.271 e. The molecule has 0 heterocycles. The van der Waals surface area contributed by atoms with Crippen LogP contribution in [0.3, 0.4) is 0 Å². The Hall–Kier alpha value is -3.87. The molecule has 1 fully saturated rings. The lowest BCUT2D eigenvalue weighted by Crippen LogP contribution is -2.54. The quantitative estimate of drug-likeness (QED) is 0.275. The van der Waals surface area contributed by atoms with E-state index in [0.29, 0.717) is 17.7 Å². The van der Waals surface area contributed by atoms with E-state index in [-0.39, 0.29) is 35.6 Å². The summed E-state index contributed by atoms with van der Waals surface area (Å²) in [5.74, 6) is -0.294. The maximum absolute atomic E-state index is 14.0. The van der Waals surface area contributed by atoms with Gasteiger partial charge >= 0.3 is 0 Å². The Bertz CT molecular complexity index is 1330. The molecule has 1 aliphatic carbocycles. The highest BCUT2D eigenvalue weighted by atomic mass is 32.2. The van der Waals surface area contributed by atoms with Crippen molar-refractivity contribution in [2.24, 2.45) is 0 Å². The van der Waals surface area contributed by atoms with Crippen LogP contribution in [0.4, 0.5) is 11.4 Å². The number of sulfonamides is 1. The smallest absolute Gasteiger partial charge is 0.271 e. The highest BCUT2D eigenvalue weighted by Crippen LogP contribution is 2.34. The van der Waals surface area contributed by atoms with Crippen LogP contribution >= 0.6 is 0 Å². The summed E-state index contributed by atoms with van der Waals surface area (Å²) in [6.45, 7) is 1.13. The summed E-state index contributed by atoms with van der Waals surface area (Å²) >= 11 is 0. The molecule has 224 valence electrons. The van der Waals surface area contributed by atoms with E-state index in [1.54, 1.807) is 31.2 Å². The Kier molecular flexibility index (Phi) is 10.9. The zero-order valence-electron chi connectivity index (χ0n) is 23.9. The van der Waals surface area contributed by atoms with Crippen LogP contribution in [0.2, 0.25) is 0 Å². The highest BCUT2D eigenvalue weighted by molar-refractivity contribution is 7.92. The molecule has 0 bridgehead atoms. The van der Waals surface area contributed by atoms with Crippen LogP contribution in [0.15, 0.2) is 42.5 Å². The second-order valence-corrected chi connectivity index (χ2v) is 11.9. The standard InChI is InChI=1S/C28H38N4O8S/c1-5-24(28(34)29-21-9-7-6-8-10-21)30(18-20-11-14-23(39-2)15-12-20)27(33)19-31(41(4,37)38)25-17-22(32(35)36)13-16-26(25)40-3/h11-17,21,24H,5-10,18-19H2,1-4H3,(H,29,34). The van der Waals surface area contributed by atoms with Crippen LogP contribution in [-0.4, -0.2) is 69.2 Å². The van der Waals surface area contributed by atoms with Gasteiger partial charge in [-0.3, -0.25) is 24.0 Å². The number of nitro benzene ring substituents is 1. The average Bonchev–Trinajstić information content (AvgIpc) is 2.95. The van der Waals surface area contributed by atoms with Crippen molar-refractivity contribution in [3.63, 3.8) is 0 Å². The van der Waals surface area contributed by atoms with Crippen molar-refractivity contribution < 1.29 is 32.4 Å². The summed E-state index contributed by atoms with van der Waals surface area (Å²) in [7, 11) is -1.28. The summed E-state index contributed by atoms with van der Waals surface area (Å²) in [6, 6.07) is 9.65. The van der Waals surface area contributed by atoms with Gasteiger partial charge in [0.15, 0.2) is 0 Å². The minimum atomic E-state index is -4.11. The summed E-state index contributed by atoms with van der Waals surface area (Å²) < 4.78 is 37.2. The minimum absolute atomic E-state index is 0.0184. The van der Waals surface area contributed by atoms with Crippen molar-refractivity contribution in [1.29, 1.82) is 0 Å². The van der Waals surface area contributed by atoms with Crippen LogP contribution in [-0.2, 0) is 26.2 Å². The summed E-state index contributed by atoms with van der Waals surface area (Å²) in [4.78, 5) is 39.6. The number of methoxy groups -OCH3 is 2. The molecule has 2 amide bonds. The van der Waals surface area contributed by atoms with Crippen LogP contribution < -0.4 is 19.1 Å². The molecule has 1 atom stereocenters. The third kappa shape index (κ3) is 8.32. The van der Waals surface area contributed by atoms with E-state index < -0.39 is 33.4 Å². The third-order valence-electron chi connectivity index (χ3n) is 7.17. The van der Waals surface area contributed by atoms with Gasteiger partial charge in [-0.25, -0.2) is 8.42 Å². The predicted molar refractivity (Wildman–Crippen MR) is 154 cm³/mol. The molecule has 1 aliphatic rings. The first-order valence-corrected chi connectivity index (χ1v) is 15.4. The van der Waals surface area contributed by atoms with E-state index in [2.05, 4.69) is 5.32 Å². The topological polar surface area (TPSA) is 148 Å². The molecule has 12 nitrogen and oxygen atoms in total. The monoisotopic (exact) mass is 590 g/mol. The summed E-state index contributed by atoms with van der Waals surface area (Å²) in [6.07, 6.45) is 6.08. The number of rotatable bonds is 13. The second kappa shape index (κ2) is 14.2. The van der Waals surface area contributed by atoms with Gasteiger partial charge < -0.3 is 19.7 Å². The molecular weight excluding hydrogens is 552 g/mol. The fourth-order valence-corrected chi connectivity index (χ4v) is 5.82. The lowest BCUT2D eigenvalue weighted by molar-refractivity contribution is -0.384. The van der Waals surface area contributed by atoms with Crippen molar-refractivity contribution in [2.45, 2.75) is 64.1 Å². The molecule has 0 spiro atoms. The number of non-ortho nitro benzene ring substituents is 1. The Morgan fingerprint density at radius 2 is 1.73 bits per heavy atom. The molecule has 3 rings (SSSR count). The Morgan fingerprint density at radius 3 is 2.27 bits per heavy atom. The molecule has 1 N–H and O–H groups in total. The number of amides is 2. The van der Waals surface area contributed by atoms with Gasteiger partial charge in [-0.15, -0.1) is 0 Å². The molecule has 0 aromatic heterocycles. The third-order valence-corrected chi connectivity index (χ3v) is 8.30. The van der Waals surface area contributed by atoms with Gasteiger partial charge in [0.1, 0.15) is 29.8 Å². The lowest BCUT2D eigenvalue weighted by atomic mass is 9.95. The Balaban J connectivity index is 1.99. The number of benzene rings is 2. The van der Waals surface area contributed by atoms with Crippen LogP contribution in [0.5, 0.6) is 11.5 Å². The van der Waals surface area contributed by atoms with Gasteiger partial charge in [-0.2, -0.15) is 0 Å². The Morgan fingerprint density at radius 1 is 1.07 bits per heavy atom. The predicted octanol–water partition coefficient (Wildman–Crippen LogP) is 3.63. The van der Waals surface area contributed by atoms with E-state index in [1.807, 2.05) is 0 Å². The van der Waals surface area contributed by atoms with Gasteiger partial charge in [0, 0.05) is 24.7 Å². The summed E-state index contributed by atoms with van der Waals surface area (Å²) in [5.41, 5.74) is 0.193. The van der Waals surface area contributed by atoms with Crippen molar-refractivity contribution in [3.05, 3.63) is 58.1 Å². The molecule has 2 aromatic carbocycles. The van der Waals surface area contributed by atoms with Gasteiger partial charge in [0.2, 0.25) is 21.8 Å². The number of hydrogen-bond acceptors (Lipinski definition) is 8. The van der Waals surface area contributed by atoms with Crippen LogP contribution in [0.1, 0.15) is 51.0 Å². The van der Waals surface area contributed by atoms with E-state index in [0.717, 1.165) is 48.7 Å². The van der Waals surface area contributed by atoms with E-state index in [9.17, 15) is 28.1 Å². The molecule has 41 heavy (non-hydrogen) atoms. The van der Waals surface area contributed by atoms with E-state index in [4.69, 9.17) is 9.47 Å². The fourth-order valence-electron chi connectivity index (χ4n) is 4.97. The average molecular weight is 591 g/mol. The number of carbonyl (C=O) groups excluding carboxylic acids is 2. The molecule has 0 aliphatic heterocycles. The van der Waals surface area contributed by atoms with Crippen molar-refractivity contribution in [1.82, 2.24) is 10.2 Å². The lowest BCUT2D eigenvalue weighted by Gasteiger charge is -2.34. The van der Waals surface area contributed by atoms with Crippen molar-refractivity contribution >= 4 is 33.2 Å². The SMILES string of the molecule is CCC(C(=O)NC1CCCCC1)N(Cc1ccc(OC)cc1)C(=O)CN(c1cc([N+](=O)[O-])ccc1OC)S(C)(=O)=O. The molecular formula is C28H38N4O8S. The largest absolute Gasteiger partial charge is 0.497 e. The van der Waals surface area contributed by atoms with Crippen molar-refractivity contribution in [2.75, 3.05) is 31.3 Å². The number of nitro groups is 1. The van der Waals surface area contributed by atoms with Crippen LogP contribution in [0, 0.1) is 10.1 Å². The van der Waals surface area contributed by atoms with Gasteiger partial charge in [-0.1, -0.05) is 38.3 Å². The number of nitrogens with one attached hydrogen (secondary N) is 1. The Labute approximate surface area is 240 Å². The number of ether oxygens (including phenoxy) is 2. The molecule has 13 heteroatoms. The number of carbonyl (C=O) groups is 2. The van der Waals surface area contributed by atoms with Gasteiger partial charge in [-0.05, 0) is 43.0 Å². The fraction of sp³-hybridized carbons (Fsp3) is 0.500. The molecule has 2 aromatic rings. The first-order chi connectivity index (χ1) is 19.5. The normalized spacial score (nSPS) is 14.5. The number of anilines is 1. The van der Waals surface area contributed by atoms with Gasteiger partial charge in [0.25, 0.3) is 5.69 Å². The van der Waals surface area contributed by atoms with E-state index in [1.165, 1.54) is 31.3 Å². The zero-order valence-corrected chi connectivity index (χ0v) is 24.7. The molecule has 1 unspecified atom stereocenters. The first kappa shape index (κ1) is 31.7. The summed E-state index contributed by atoms with van der Waals surface area (Å²) in [5, 5.41) is 14.5. The molecule has 1 saturated carbocycles. The number of nitrogens with zero attached hydrogens (tertiary/aromatic N) is 3.